The first kappa shape index (κ1) is 9.62. The molecule has 3 rings (SSSR count). The van der Waals surface area contributed by atoms with Crippen LogP contribution in [-0.4, -0.2) is 15.0 Å². The van der Waals surface area contributed by atoms with Crippen molar-refractivity contribution in [2.75, 3.05) is 5.73 Å². The molecular weight excluding hydrogens is 244 g/mol. The highest BCUT2D eigenvalue weighted by atomic mass is 35.5. The van der Waals surface area contributed by atoms with Crippen LogP contribution in [0.15, 0.2) is 24.3 Å². The van der Waals surface area contributed by atoms with Crippen LogP contribution >= 0.6 is 22.9 Å². The van der Waals surface area contributed by atoms with Crippen molar-refractivity contribution in [3.63, 3.8) is 0 Å². The van der Waals surface area contributed by atoms with Crippen LogP contribution in [0.3, 0.4) is 0 Å². The van der Waals surface area contributed by atoms with Crippen molar-refractivity contribution in [2.45, 2.75) is 0 Å². The molecule has 3 heterocycles. The molecule has 3 N–H and O–H groups in total. The monoisotopic (exact) mass is 250 g/mol. The number of thiophene rings is 1. The highest BCUT2D eigenvalue weighted by Crippen LogP contribution is 2.30. The normalized spacial score (nSPS) is 11.1. The number of fused-ring (bicyclic) bond motifs is 1. The predicted molar refractivity (Wildman–Crippen MR) is 66.6 cm³/mol. The van der Waals surface area contributed by atoms with E-state index < -0.39 is 0 Å². The molecule has 0 aliphatic heterocycles. The van der Waals surface area contributed by atoms with Crippen LogP contribution in [0.1, 0.15) is 0 Å². The van der Waals surface area contributed by atoms with Crippen LogP contribution in [0.25, 0.3) is 21.9 Å². The molecule has 16 heavy (non-hydrogen) atoms. The molecule has 0 spiro atoms. The maximum atomic E-state index is 5.88. The molecule has 3 aromatic heterocycles. The fourth-order valence-electron chi connectivity index (χ4n) is 1.47. The third kappa shape index (κ3) is 1.54. The van der Waals surface area contributed by atoms with Gasteiger partial charge < -0.3 is 10.7 Å². The molecular formula is C10H7ClN4S. The summed E-state index contributed by atoms with van der Waals surface area (Å²) in [6.45, 7) is 0. The summed E-state index contributed by atoms with van der Waals surface area (Å²) in [6, 6.07) is 7.37. The first-order valence-electron chi connectivity index (χ1n) is 4.60. The summed E-state index contributed by atoms with van der Waals surface area (Å²) in [5.41, 5.74) is 7.09. The summed E-state index contributed by atoms with van der Waals surface area (Å²) < 4.78 is 0.739. The number of H-pyrrole nitrogens is 1. The number of nitrogens with two attached hydrogens (primary N) is 1. The van der Waals surface area contributed by atoms with E-state index in [1.165, 1.54) is 11.3 Å². The third-order valence-electron chi connectivity index (χ3n) is 2.17. The third-order valence-corrected chi connectivity index (χ3v) is 3.41. The molecule has 0 atom stereocenters. The largest absolute Gasteiger partial charge is 0.384 e. The van der Waals surface area contributed by atoms with Crippen molar-refractivity contribution in [3.8, 4) is 10.7 Å². The lowest BCUT2D eigenvalue weighted by molar-refractivity contribution is 1.32. The van der Waals surface area contributed by atoms with Gasteiger partial charge in [-0.2, -0.15) is 0 Å². The van der Waals surface area contributed by atoms with Crippen LogP contribution in [0.5, 0.6) is 0 Å². The molecule has 4 nitrogen and oxygen atoms in total. The minimum atomic E-state index is 0.467. The molecule has 0 saturated carbocycles. The first-order valence-corrected chi connectivity index (χ1v) is 5.80. The van der Waals surface area contributed by atoms with Crippen LogP contribution in [0, 0.1) is 0 Å². The van der Waals surface area contributed by atoms with Gasteiger partial charge in [-0.25, -0.2) is 9.97 Å². The lowest BCUT2D eigenvalue weighted by atomic mass is 10.4. The Morgan fingerprint density at radius 1 is 1.19 bits per heavy atom. The highest BCUT2D eigenvalue weighted by molar-refractivity contribution is 7.19. The number of nitrogens with one attached hydrogen (secondary N) is 1. The Morgan fingerprint density at radius 2 is 2.06 bits per heavy atom. The van der Waals surface area contributed by atoms with Crippen LogP contribution in [-0.2, 0) is 0 Å². The van der Waals surface area contributed by atoms with E-state index in [0.29, 0.717) is 11.5 Å². The average molecular weight is 251 g/mol. The van der Waals surface area contributed by atoms with Crippen molar-refractivity contribution in [1.82, 2.24) is 15.0 Å². The highest BCUT2D eigenvalue weighted by Gasteiger charge is 2.08. The SMILES string of the molecule is Nc1ccc2[nH]c(-c3ccc(Cl)s3)nc2n1. The number of nitrogens with zero attached hydrogens (tertiary/aromatic N) is 2. The summed E-state index contributed by atoms with van der Waals surface area (Å²) in [5.74, 6) is 1.24. The molecule has 3 aromatic rings. The molecule has 0 unspecified atom stereocenters. The minimum absolute atomic E-state index is 0.467. The second-order valence-corrected chi connectivity index (χ2v) is 5.01. The number of halogens is 1. The second-order valence-electron chi connectivity index (χ2n) is 3.30. The molecule has 6 heteroatoms. The Morgan fingerprint density at radius 3 is 2.81 bits per heavy atom. The van der Waals surface area contributed by atoms with Crippen LogP contribution in [0.4, 0.5) is 5.82 Å². The van der Waals surface area contributed by atoms with Crippen molar-refractivity contribution >= 4 is 39.9 Å². The van der Waals surface area contributed by atoms with Gasteiger partial charge >= 0.3 is 0 Å². The molecule has 0 aliphatic rings. The van der Waals surface area contributed by atoms with Crippen molar-refractivity contribution in [3.05, 3.63) is 28.6 Å². The Hall–Kier alpha value is -1.59. The standard InChI is InChI=1S/C10H7ClN4S/c11-7-3-2-6(16-7)10-13-5-1-4-8(12)14-9(5)15-10/h1-4H,(H3,12,13,14,15). The fraction of sp³-hybridized carbons (Fsp3) is 0. The molecule has 0 fully saturated rings. The number of rotatable bonds is 1. The topological polar surface area (TPSA) is 67.6 Å². The number of pyridine rings is 1. The molecule has 0 aromatic carbocycles. The number of hydrogen-bond donors (Lipinski definition) is 2. The van der Waals surface area contributed by atoms with Gasteiger partial charge in [-0.1, -0.05) is 11.6 Å². The first-order chi connectivity index (χ1) is 7.72. The van der Waals surface area contributed by atoms with Gasteiger partial charge in [-0.05, 0) is 24.3 Å². The van der Waals surface area contributed by atoms with Gasteiger partial charge in [0.05, 0.1) is 14.7 Å². The van der Waals surface area contributed by atoms with Crippen LogP contribution < -0.4 is 5.73 Å². The van der Waals surface area contributed by atoms with Crippen molar-refractivity contribution < 1.29 is 0 Å². The van der Waals surface area contributed by atoms with Crippen LogP contribution in [0.2, 0.25) is 4.34 Å². The molecule has 0 amide bonds. The van der Waals surface area contributed by atoms with E-state index in [-0.39, 0.29) is 0 Å². The quantitative estimate of drug-likeness (QED) is 0.698. The Labute approximate surface area is 100 Å². The average Bonchev–Trinajstić information content (AvgIpc) is 2.83. The number of aromatic amines is 1. The summed E-state index contributed by atoms with van der Waals surface area (Å²) in [5, 5.41) is 0. The van der Waals surface area contributed by atoms with Gasteiger partial charge in [-0.15, -0.1) is 11.3 Å². The zero-order valence-electron chi connectivity index (χ0n) is 8.07. The minimum Gasteiger partial charge on any atom is -0.384 e. The van der Waals surface area contributed by atoms with E-state index in [1.54, 1.807) is 6.07 Å². The van der Waals surface area contributed by atoms with Gasteiger partial charge in [0.1, 0.15) is 5.82 Å². The summed E-state index contributed by atoms with van der Waals surface area (Å²) in [6.07, 6.45) is 0. The Kier molecular flexibility index (Phi) is 2.08. The van der Waals surface area contributed by atoms with Gasteiger partial charge in [0, 0.05) is 0 Å². The lowest BCUT2D eigenvalue weighted by Gasteiger charge is -1.88. The lowest BCUT2D eigenvalue weighted by Crippen LogP contribution is -1.88. The fourth-order valence-corrected chi connectivity index (χ4v) is 2.45. The van der Waals surface area contributed by atoms with Gasteiger partial charge in [-0.3, -0.25) is 0 Å². The van der Waals surface area contributed by atoms with E-state index in [0.717, 1.165) is 20.6 Å². The van der Waals surface area contributed by atoms with E-state index in [4.69, 9.17) is 17.3 Å². The van der Waals surface area contributed by atoms with E-state index in [1.807, 2.05) is 18.2 Å². The molecule has 0 bridgehead atoms. The maximum absolute atomic E-state index is 5.88. The predicted octanol–water partition coefficient (Wildman–Crippen LogP) is 2.92. The smallest absolute Gasteiger partial charge is 0.180 e. The molecule has 0 aliphatic carbocycles. The molecule has 80 valence electrons. The summed E-state index contributed by atoms with van der Waals surface area (Å²) in [7, 11) is 0. The summed E-state index contributed by atoms with van der Waals surface area (Å²) >= 11 is 7.35. The Bertz CT molecular complexity index is 658. The van der Waals surface area contributed by atoms with Gasteiger partial charge in [0.25, 0.3) is 0 Å². The zero-order valence-corrected chi connectivity index (χ0v) is 9.64. The van der Waals surface area contributed by atoms with Gasteiger partial charge in [0.15, 0.2) is 11.5 Å². The Balaban J connectivity index is 2.18. The number of nitrogen functional groups attached to an aromatic ring is 1. The number of anilines is 1. The van der Waals surface area contributed by atoms with E-state index in [9.17, 15) is 0 Å². The van der Waals surface area contributed by atoms with Gasteiger partial charge in [0.2, 0.25) is 0 Å². The number of hydrogen-bond acceptors (Lipinski definition) is 4. The summed E-state index contributed by atoms with van der Waals surface area (Å²) in [4.78, 5) is 12.7. The zero-order chi connectivity index (χ0) is 11.1. The molecule has 0 saturated heterocycles. The maximum Gasteiger partial charge on any atom is 0.180 e. The second kappa shape index (κ2) is 3.47. The van der Waals surface area contributed by atoms with Crippen molar-refractivity contribution in [2.24, 2.45) is 0 Å². The van der Waals surface area contributed by atoms with E-state index in [2.05, 4.69) is 15.0 Å². The van der Waals surface area contributed by atoms with E-state index >= 15 is 0 Å². The van der Waals surface area contributed by atoms with Crippen molar-refractivity contribution in [1.29, 1.82) is 0 Å². The number of imidazole rings is 1. The number of aromatic nitrogens is 3. The molecule has 0 radical (unpaired) electrons.